The van der Waals surface area contributed by atoms with Crippen LogP contribution in [0.25, 0.3) is 11.0 Å². The number of nitrogens with zero attached hydrogens (tertiary/aromatic N) is 2. The summed E-state index contributed by atoms with van der Waals surface area (Å²) in [6, 6.07) is 6.25. The van der Waals surface area contributed by atoms with Gasteiger partial charge in [-0.2, -0.15) is 0 Å². The van der Waals surface area contributed by atoms with E-state index in [-0.39, 0.29) is 18.3 Å². The van der Waals surface area contributed by atoms with Crippen molar-refractivity contribution in [3.63, 3.8) is 0 Å². The van der Waals surface area contributed by atoms with Crippen LogP contribution in [-0.4, -0.2) is 35.8 Å². The first-order valence-electron chi connectivity index (χ1n) is 7.85. The van der Waals surface area contributed by atoms with Crippen LogP contribution in [-0.2, 0) is 9.31 Å². The molecule has 0 bridgehead atoms. The smallest absolute Gasteiger partial charge is 0.398 e. The fourth-order valence-corrected chi connectivity index (χ4v) is 4.66. The Morgan fingerprint density at radius 2 is 1.68 bits per heavy atom. The Morgan fingerprint density at radius 1 is 1.09 bits per heavy atom. The zero-order valence-electron chi connectivity index (χ0n) is 14.6. The van der Waals surface area contributed by atoms with Gasteiger partial charge in [0.05, 0.1) is 11.2 Å². The van der Waals surface area contributed by atoms with Crippen LogP contribution in [0.1, 0.15) is 27.7 Å². The molecule has 0 unspecified atom stereocenters. The minimum Gasteiger partial charge on any atom is -0.398 e. The molecule has 0 N–H and O–H groups in total. The van der Waals surface area contributed by atoms with Crippen molar-refractivity contribution in [1.82, 2.24) is 9.22 Å². The van der Waals surface area contributed by atoms with Crippen LogP contribution in [0.2, 0.25) is 19.6 Å². The quantitative estimate of drug-likeness (QED) is 0.799. The summed E-state index contributed by atoms with van der Waals surface area (Å²) in [7, 11) is -2.00. The molecule has 118 valence electrons. The molecule has 2 aromatic rings. The lowest BCUT2D eigenvalue weighted by Gasteiger charge is -2.32. The van der Waals surface area contributed by atoms with Crippen molar-refractivity contribution >= 4 is 32.0 Å². The van der Waals surface area contributed by atoms with E-state index in [1.165, 1.54) is 0 Å². The lowest BCUT2D eigenvalue weighted by Crippen LogP contribution is -2.48. The molecular formula is C16H25BN2O2Si. The van der Waals surface area contributed by atoms with Gasteiger partial charge < -0.3 is 13.5 Å². The van der Waals surface area contributed by atoms with Crippen molar-refractivity contribution in [1.29, 1.82) is 0 Å². The molecule has 0 saturated carbocycles. The van der Waals surface area contributed by atoms with Crippen LogP contribution in [0.4, 0.5) is 0 Å². The van der Waals surface area contributed by atoms with Crippen molar-refractivity contribution < 1.29 is 9.31 Å². The molecule has 3 rings (SSSR count). The van der Waals surface area contributed by atoms with E-state index in [2.05, 4.69) is 68.7 Å². The molecular weight excluding hydrogens is 291 g/mol. The first-order chi connectivity index (χ1) is 10.0. The maximum absolute atomic E-state index is 6.27. The fraction of sp³-hybridized carbons (Fsp3) is 0.562. The van der Waals surface area contributed by atoms with Crippen LogP contribution in [0.3, 0.4) is 0 Å². The van der Waals surface area contributed by atoms with E-state index in [4.69, 9.17) is 9.31 Å². The normalized spacial score (nSPS) is 20.8. The van der Waals surface area contributed by atoms with Crippen molar-refractivity contribution in [3.05, 3.63) is 24.4 Å². The SMILES string of the molecule is CC1(C)OB(c2cc3cccnc3n2[Si](C)(C)C)OC1(C)C. The predicted molar refractivity (Wildman–Crippen MR) is 94.2 cm³/mol. The molecule has 6 heteroatoms. The average Bonchev–Trinajstić information content (AvgIpc) is 2.84. The first kappa shape index (κ1) is 15.8. The van der Waals surface area contributed by atoms with E-state index >= 15 is 0 Å². The summed E-state index contributed by atoms with van der Waals surface area (Å²) in [5.41, 5.74) is 1.47. The second-order valence-electron chi connectivity index (χ2n) is 8.08. The van der Waals surface area contributed by atoms with Gasteiger partial charge in [0, 0.05) is 17.2 Å². The zero-order chi connectivity index (χ0) is 16.3. The van der Waals surface area contributed by atoms with E-state index in [1.807, 2.05) is 12.3 Å². The molecule has 3 heterocycles. The highest BCUT2D eigenvalue weighted by atomic mass is 28.3. The third-order valence-electron chi connectivity index (χ3n) is 4.76. The maximum atomic E-state index is 6.27. The lowest BCUT2D eigenvalue weighted by molar-refractivity contribution is 0.00578. The van der Waals surface area contributed by atoms with Gasteiger partial charge in [0.1, 0.15) is 5.65 Å². The maximum Gasteiger partial charge on any atom is 0.511 e. The monoisotopic (exact) mass is 316 g/mol. The average molecular weight is 316 g/mol. The van der Waals surface area contributed by atoms with Crippen LogP contribution in [0.15, 0.2) is 24.4 Å². The highest BCUT2D eigenvalue weighted by molar-refractivity contribution is 6.78. The molecule has 0 atom stereocenters. The topological polar surface area (TPSA) is 36.3 Å². The molecule has 0 radical (unpaired) electrons. The number of pyridine rings is 1. The number of fused-ring (bicyclic) bond motifs is 1. The molecule has 0 aromatic carbocycles. The highest BCUT2D eigenvalue weighted by Crippen LogP contribution is 2.37. The van der Waals surface area contributed by atoms with Gasteiger partial charge in [0.15, 0.2) is 8.24 Å². The molecule has 1 aliphatic heterocycles. The summed E-state index contributed by atoms with van der Waals surface area (Å²) in [5, 5.41) is 1.15. The minimum absolute atomic E-state index is 0.328. The molecule has 2 aromatic heterocycles. The standard InChI is InChI=1S/C16H25BN2O2Si/c1-15(2)16(3,4)21-17(20-15)13-11-12-9-8-10-18-14(12)19(13)22(5,6)7/h8-11H,1-7H3. The van der Waals surface area contributed by atoms with Gasteiger partial charge in [0.2, 0.25) is 0 Å². The largest absolute Gasteiger partial charge is 0.511 e. The highest BCUT2D eigenvalue weighted by Gasteiger charge is 2.53. The molecule has 1 saturated heterocycles. The van der Waals surface area contributed by atoms with Crippen molar-refractivity contribution in [3.8, 4) is 0 Å². The summed E-state index contributed by atoms with van der Waals surface area (Å²) in [6.45, 7) is 15.3. The number of rotatable bonds is 2. The Bertz CT molecular complexity index is 702. The van der Waals surface area contributed by atoms with Crippen LogP contribution in [0, 0.1) is 0 Å². The summed E-state index contributed by atoms with van der Waals surface area (Å²) in [4.78, 5) is 4.60. The molecule has 0 spiro atoms. The van der Waals surface area contributed by atoms with Crippen LogP contribution < -0.4 is 5.59 Å². The second-order valence-corrected chi connectivity index (χ2v) is 12.9. The number of aromatic nitrogens is 2. The summed E-state index contributed by atoms with van der Waals surface area (Å²) in [6.07, 6.45) is 1.85. The van der Waals surface area contributed by atoms with E-state index in [9.17, 15) is 0 Å². The molecule has 1 aliphatic rings. The van der Waals surface area contributed by atoms with Crippen molar-refractivity contribution in [2.45, 2.75) is 58.5 Å². The van der Waals surface area contributed by atoms with E-state index in [0.29, 0.717) is 0 Å². The van der Waals surface area contributed by atoms with Gasteiger partial charge in [-0.15, -0.1) is 0 Å². The Morgan fingerprint density at radius 3 is 2.23 bits per heavy atom. The van der Waals surface area contributed by atoms with Gasteiger partial charge in [0.25, 0.3) is 0 Å². The number of hydrogen-bond acceptors (Lipinski definition) is 3. The Labute approximate surface area is 134 Å². The Hall–Kier alpha value is -1.11. The number of hydrogen-bond donors (Lipinski definition) is 0. The van der Waals surface area contributed by atoms with Crippen molar-refractivity contribution in [2.75, 3.05) is 0 Å². The van der Waals surface area contributed by atoms with Crippen molar-refractivity contribution in [2.24, 2.45) is 0 Å². The summed E-state index contributed by atoms with van der Waals surface area (Å²) >= 11 is 0. The minimum atomic E-state index is -1.66. The first-order valence-corrected chi connectivity index (χ1v) is 11.3. The van der Waals surface area contributed by atoms with E-state index < -0.39 is 8.24 Å². The van der Waals surface area contributed by atoms with Gasteiger partial charge in [-0.1, -0.05) is 19.6 Å². The fourth-order valence-electron chi connectivity index (χ4n) is 2.90. The Kier molecular flexibility index (Phi) is 3.37. The summed E-state index contributed by atoms with van der Waals surface area (Å²) in [5.74, 6) is 0. The van der Waals surface area contributed by atoms with E-state index in [0.717, 1.165) is 16.6 Å². The van der Waals surface area contributed by atoms with Gasteiger partial charge in [-0.25, -0.2) is 4.98 Å². The molecule has 4 nitrogen and oxygen atoms in total. The molecule has 1 fully saturated rings. The predicted octanol–water partition coefficient (Wildman–Crippen LogP) is 3.02. The van der Waals surface area contributed by atoms with Gasteiger partial charge in [-0.05, 0) is 45.9 Å². The van der Waals surface area contributed by atoms with E-state index in [1.54, 1.807) is 0 Å². The van der Waals surface area contributed by atoms with Gasteiger partial charge >= 0.3 is 7.12 Å². The lowest BCUT2D eigenvalue weighted by atomic mass is 9.85. The molecule has 22 heavy (non-hydrogen) atoms. The molecule has 0 aliphatic carbocycles. The summed E-state index contributed by atoms with van der Waals surface area (Å²) < 4.78 is 14.9. The third-order valence-corrected chi connectivity index (χ3v) is 6.57. The second kappa shape index (κ2) is 4.69. The zero-order valence-corrected chi connectivity index (χ0v) is 15.6. The third kappa shape index (κ3) is 2.33. The molecule has 0 amide bonds. The van der Waals surface area contributed by atoms with Crippen LogP contribution in [0.5, 0.6) is 0 Å². The Balaban J connectivity index is 2.16. The van der Waals surface area contributed by atoms with Gasteiger partial charge in [-0.3, -0.25) is 0 Å². The van der Waals surface area contributed by atoms with Crippen LogP contribution >= 0.6 is 0 Å².